The monoisotopic (exact) mass is 334 g/mol. The largest absolute Gasteiger partial charge is 0.371 e. The van der Waals surface area contributed by atoms with Gasteiger partial charge in [-0.1, -0.05) is 6.92 Å². The van der Waals surface area contributed by atoms with Crippen molar-refractivity contribution in [1.29, 1.82) is 0 Å². The average molecular weight is 334 g/mol. The molecule has 1 atom stereocenters. The first kappa shape index (κ1) is 16.5. The van der Waals surface area contributed by atoms with Gasteiger partial charge in [-0.15, -0.1) is 0 Å². The van der Waals surface area contributed by atoms with Gasteiger partial charge in [0.05, 0.1) is 0 Å². The number of nitrogens with zero attached hydrogens (tertiary/aromatic N) is 2. The molecule has 0 saturated carbocycles. The van der Waals surface area contributed by atoms with Crippen molar-refractivity contribution in [3.8, 4) is 0 Å². The van der Waals surface area contributed by atoms with Crippen molar-refractivity contribution in [3.05, 3.63) is 24.0 Å². The van der Waals surface area contributed by atoms with Crippen LogP contribution in [0.25, 0.3) is 0 Å². The van der Waals surface area contributed by atoms with Gasteiger partial charge in [0.1, 0.15) is 11.9 Å². The maximum atomic E-state index is 13.9. The number of carbonyl (C=O) groups excluding carboxylic acids is 2. The summed E-state index contributed by atoms with van der Waals surface area (Å²) in [5.74, 6) is -0.519. The number of nitrogens with one attached hydrogen (secondary N) is 2. The first-order valence-electron chi connectivity index (χ1n) is 8.49. The Labute approximate surface area is 141 Å². The van der Waals surface area contributed by atoms with Gasteiger partial charge in [-0.05, 0) is 37.5 Å². The number of halogens is 1. The third kappa shape index (κ3) is 3.44. The minimum atomic E-state index is -0.481. The van der Waals surface area contributed by atoms with Crippen molar-refractivity contribution < 1.29 is 14.0 Å². The lowest BCUT2D eigenvalue weighted by molar-refractivity contribution is -0.127. The zero-order valence-corrected chi connectivity index (χ0v) is 13.8. The maximum absolute atomic E-state index is 13.9. The van der Waals surface area contributed by atoms with Crippen LogP contribution < -0.4 is 15.5 Å². The van der Waals surface area contributed by atoms with Crippen molar-refractivity contribution in [2.45, 2.75) is 32.2 Å². The second-order valence-corrected chi connectivity index (χ2v) is 6.23. The fourth-order valence-electron chi connectivity index (χ4n) is 3.36. The predicted octanol–water partition coefficient (Wildman–Crippen LogP) is 2.17. The Kier molecular flexibility index (Phi) is 4.87. The quantitative estimate of drug-likeness (QED) is 0.890. The fourth-order valence-corrected chi connectivity index (χ4v) is 3.36. The van der Waals surface area contributed by atoms with Crippen LogP contribution in [0.1, 0.15) is 26.2 Å². The van der Waals surface area contributed by atoms with Crippen molar-refractivity contribution in [3.63, 3.8) is 0 Å². The van der Waals surface area contributed by atoms with Crippen molar-refractivity contribution in [2.75, 3.05) is 36.4 Å². The second kappa shape index (κ2) is 7.07. The van der Waals surface area contributed by atoms with Gasteiger partial charge in [0, 0.05) is 37.6 Å². The smallest absolute Gasteiger partial charge is 0.322 e. The van der Waals surface area contributed by atoms with Gasteiger partial charge < -0.3 is 20.4 Å². The predicted molar refractivity (Wildman–Crippen MR) is 90.7 cm³/mol. The molecular formula is C17H23FN4O2. The van der Waals surface area contributed by atoms with E-state index in [9.17, 15) is 14.0 Å². The number of carbonyl (C=O) groups is 2. The molecule has 0 radical (unpaired) electrons. The van der Waals surface area contributed by atoms with E-state index in [0.717, 1.165) is 31.6 Å². The lowest BCUT2D eigenvalue weighted by Gasteiger charge is -2.34. The van der Waals surface area contributed by atoms with Crippen LogP contribution in [0.5, 0.6) is 0 Å². The van der Waals surface area contributed by atoms with Crippen LogP contribution in [0.4, 0.5) is 20.6 Å². The maximum Gasteiger partial charge on any atom is 0.322 e. The number of rotatable bonds is 3. The molecule has 1 aromatic rings. The zero-order valence-electron chi connectivity index (χ0n) is 13.8. The highest BCUT2D eigenvalue weighted by Gasteiger charge is 2.31. The number of hydrogen-bond donors (Lipinski definition) is 2. The van der Waals surface area contributed by atoms with Crippen LogP contribution in [0.15, 0.2) is 18.2 Å². The number of piperazine rings is 1. The molecule has 0 spiro atoms. The highest BCUT2D eigenvalue weighted by molar-refractivity contribution is 5.94. The van der Waals surface area contributed by atoms with Gasteiger partial charge in [0.15, 0.2) is 0 Å². The van der Waals surface area contributed by atoms with Gasteiger partial charge in [0.25, 0.3) is 0 Å². The molecule has 130 valence electrons. The van der Waals surface area contributed by atoms with Crippen LogP contribution in [0.3, 0.4) is 0 Å². The van der Waals surface area contributed by atoms with E-state index in [1.807, 2.05) is 6.92 Å². The van der Waals surface area contributed by atoms with Gasteiger partial charge in [0.2, 0.25) is 5.91 Å². The summed E-state index contributed by atoms with van der Waals surface area (Å²) in [7, 11) is 0. The lowest BCUT2D eigenvalue weighted by atomic mass is 10.1. The van der Waals surface area contributed by atoms with E-state index < -0.39 is 6.04 Å². The molecule has 3 amide bonds. The highest BCUT2D eigenvalue weighted by Crippen LogP contribution is 2.25. The Balaban J connectivity index is 1.75. The number of amides is 3. The van der Waals surface area contributed by atoms with Gasteiger partial charge in [-0.3, -0.25) is 4.79 Å². The molecule has 7 heteroatoms. The minimum Gasteiger partial charge on any atom is -0.371 e. The molecule has 2 aliphatic rings. The number of hydrogen-bond acceptors (Lipinski definition) is 3. The molecule has 0 unspecified atom stereocenters. The molecule has 2 N–H and O–H groups in total. The molecule has 2 aliphatic heterocycles. The molecule has 3 rings (SSSR count). The normalized spacial score (nSPS) is 20.9. The van der Waals surface area contributed by atoms with E-state index >= 15 is 0 Å². The third-order valence-corrected chi connectivity index (χ3v) is 4.58. The third-order valence-electron chi connectivity index (χ3n) is 4.58. The average Bonchev–Trinajstić information content (AvgIpc) is 3.08. The Morgan fingerprint density at radius 1 is 1.29 bits per heavy atom. The van der Waals surface area contributed by atoms with Crippen molar-refractivity contribution >= 4 is 23.3 Å². The Morgan fingerprint density at radius 2 is 2.04 bits per heavy atom. The summed E-state index contributed by atoms with van der Waals surface area (Å²) in [5.41, 5.74) is 1.20. The minimum absolute atomic E-state index is 0.143. The van der Waals surface area contributed by atoms with Gasteiger partial charge in [-0.25, -0.2) is 9.18 Å². The molecule has 0 aromatic heterocycles. The number of urea groups is 1. The first-order chi connectivity index (χ1) is 11.6. The summed E-state index contributed by atoms with van der Waals surface area (Å²) in [4.78, 5) is 28.0. The molecule has 2 fully saturated rings. The zero-order chi connectivity index (χ0) is 17.1. The van der Waals surface area contributed by atoms with Gasteiger partial charge >= 0.3 is 6.03 Å². The summed E-state index contributed by atoms with van der Waals surface area (Å²) >= 11 is 0. The van der Waals surface area contributed by atoms with E-state index in [-0.39, 0.29) is 17.8 Å². The molecular weight excluding hydrogens is 311 g/mol. The van der Waals surface area contributed by atoms with Crippen molar-refractivity contribution in [2.24, 2.45) is 0 Å². The van der Waals surface area contributed by atoms with Crippen LogP contribution >= 0.6 is 0 Å². The number of benzene rings is 1. The van der Waals surface area contributed by atoms with E-state index in [1.54, 1.807) is 6.07 Å². The SMILES string of the molecule is CC[C@H]1C(=O)NCCN1C(=O)Nc1cc(F)cc(N2CCCC2)c1. The summed E-state index contributed by atoms with van der Waals surface area (Å²) in [6.45, 7) is 4.56. The molecule has 1 aromatic carbocycles. The summed E-state index contributed by atoms with van der Waals surface area (Å²) in [5, 5.41) is 5.50. The molecule has 24 heavy (non-hydrogen) atoms. The fraction of sp³-hybridized carbons (Fsp3) is 0.529. The molecule has 0 bridgehead atoms. The number of anilines is 2. The van der Waals surface area contributed by atoms with Crippen molar-refractivity contribution in [1.82, 2.24) is 10.2 Å². The molecule has 2 heterocycles. The van der Waals surface area contributed by atoms with Gasteiger partial charge in [-0.2, -0.15) is 0 Å². The van der Waals surface area contributed by atoms with E-state index in [2.05, 4.69) is 15.5 Å². The lowest BCUT2D eigenvalue weighted by Crippen LogP contribution is -2.57. The molecule has 2 saturated heterocycles. The van der Waals surface area contributed by atoms with Crippen LogP contribution in [0, 0.1) is 5.82 Å². The van der Waals surface area contributed by atoms with Crippen LogP contribution in [0.2, 0.25) is 0 Å². The Bertz CT molecular complexity index is 631. The summed E-state index contributed by atoms with van der Waals surface area (Å²) < 4.78 is 13.9. The first-order valence-corrected chi connectivity index (χ1v) is 8.49. The van der Waals surface area contributed by atoms with E-state index in [4.69, 9.17) is 0 Å². The summed E-state index contributed by atoms with van der Waals surface area (Å²) in [6.07, 6.45) is 2.74. The molecule has 6 nitrogen and oxygen atoms in total. The van der Waals surface area contributed by atoms with Crippen LogP contribution in [-0.4, -0.2) is 49.1 Å². The van der Waals surface area contributed by atoms with Crippen LogP contribution in [-0.2, 0) is 4.79 Å². The van der Waals surface area contributed by atoms with E-state index in [1.165, 1.54) is 17.0 Å². The Hall–Kier alpha value is -2.31. The molecule has 0 aliphatic carbocycles. The second-order valence-electron chi connectivity index (χ2n) is 6.23. The van der Waals surface area contributed by atoms with E-state index in [0.29, 0.717) is 25.2 Å². The standard InChI is InChI=1S/C17H23FN4O2/c1-2-15-16(23)19-5-8-22(15)17(24)20-13-9-12(18)10-14(11-13)21-6-3-4-7-21/h9-11,15H,2-8H2,1H3,(H,19,23)(H,20,24)/t15-/m0/s1. The topological polar surface area (TPSA) is 64.7 Å². The Morgan fingerprint density at radius 3 is 2.75 bits per heavy atom. The summed E-state index contributed by atoms with van der Waals surface area (Å²) in [6, 6.07) is 3.74. The highest BCUT2D eigenvalue weighted by atomic mass is 19.1.